The lowest BCUT2D eigenvalue weighted by Crippen LogP contribution is -2.35. The SMILES string of the molecule is CN(c1ccc(CNC(C)(C)C)c(Br)c1)C1CC1. The number of hydrogen-bond acceptors (Lipinski definition) is 2. The van der Waals surface area contributed by atoms with Gasteiger partial charge in [-0.15, -0.1) is 0 Å². The standard InChI is InChI=1S/C15H23BrN2/c1-15(2,3)17-10-11-5-6-13(9-14(11)16)18(4)12-7-8-12/h5-6,9,12,17H,7-8,10H2,1-4H3. The van der Waals surface area contributed by atoms with Crippen LogP contribution in [0, 0.1) is 0 Å². The van der Waals surface area contributed by atoms with Gasteiger partial charge in [0.25, 0.3) is 0 Å². The maximum absolute atomic E-state index is 3.69. The van der Waals surface area contributed by atoms with E-state index in [1.165, 1.54) is 28.6 Å². The predicted octanol–water partition coefficient (Wildman–Crippen LogP) is 3.94. The fraction of sp³-hybridized carbons (Fsp3) is 0.600. The van der Waals surface area contributed by atoms with Gasteiger partial charge in [0, 0.05) is 35.3 Å². The van der Waals surface area contributed by atoms with E-state index in [1.807, 2.05) is 0 Å². The van der Waals surface area contributed by atoms with E-state index in [4.69, 9.17) is 0 Å². The van der Waals surface area contributed by atoms with Crippen molar-refractivity contribution in [3.63, 3.8) is 0 Å². The van der Waals surface area contributed by atoms with Gasteiger partial charge in [-0.25, -0.2) is 0 Å². The number of nitrogens with one attached hydrogen (secondary N) is 1. The van der Waals surface area contributed by atoms with Crippen molar-refractivity contribution in [2.24, 2.45) is 0 Å². The lowest BCUT2D eigenvalue weighted by molar-refractivity contribution is 0.424. The second kappa shape index (κ2) is 5.22. The highest BCUT2D eigenvalue weighted by molar-refractivity contribution is 9.10. The molecule has 1 N–H and O–H groups in total. The summed E-state index contributed by atoms with van der Waals surface area (Å²) in [5.74, 6) is 0. The van der Waals surface area contributed by atoms with E-state index >= 15 is 0 Å². The molecule has 2 rings (SSSR count). The van der Waals surface area contributed by atoms with Crippen LogP contribution in [0.2, 0.25) is 0 Å². The number of rotatable bonds is 4. The maximum atomic E-state index is 3.69. The van der Waals surface area contributed by atoms with E-state index < -0.39 is 0 Å². The topological polar surface area (TPSA) is 15.3 Å². The highest BCUT2D eigenvalue weighted by Crippen LogP contribution is 2.32. The first-order valence-electron chi connectivity index (χ1n) is 6.63. The molecule has 0 spiro atoms. The molecule has 1 fully saturated rings. The van der Waals surface area contributed by atoms with Gasteiger partial charge < -0.3 is 10.2 Å². The molecule has 0 amide bonds. The van der Waals surface area contributed by atoms with E-state index in [2.05, 4.69) is 72.2 Å². The zero-order valence-corrected chi connectivity index (χ0v) is 13.3. The quantitative estimate of drug-likeness (QED) is 0.906. The fourth-order valence-electron chi connectivity index (χ4n) is 1.93. The minimum Gasteiger partial charge on any atom is -0.372 e. The zero-order valence-electron chi connectivity index (χ0n) is 11.8. The molecule has 1 aromatic carbocycles. The Morgan fingerprint density at radius 1 is 1.33 bits per heavy atom. The van der Waals surface area contributed by atoms with Gasteiger partial charge in [-0.3, -0.25) is 0 Å². The molecule has 0 aliphatic heterocycles. The molecule has 18 heavy (non-hydrogen) atoms. The number of anilines is 1. The third-order valence-electron chi connectivity index (χ3n) is 3.35. The molecule has 1 aliphatic rings. The van der Waals surface area contributed by atoms with Crippen molar-refractivity contribution < 1.29 is 0 Å². The molecule has 100 valence electrons. The molecule has 0 aromatic heterocycles. The average molecular weight is 311 g/mol. The van der Waals surface area contributed by atoms with Gasteiger partial charge >= 0.3 is 0 Å². The second-order valence-corrected chi connectivity index (χ2v) is 7.08. The van der Waals surface area contributed by atoms with Crippen LogP contribution in [0.1, 0.15) is 39.2 Å². The summed E-state index contributed by atoms with van der Waals surface area (Å²) in [7, 11) is 2.19. The van der Waals surface area contributed by atoms with Crippen LogP contribution < -0.4 is 10.2 Å². The molecule has 1 saturated carbocycles. The van der Waals surface area contributed by atoms with Crippen molar-refractivity contribution in [3.8, 4) is 0 Å². The Morgan fingerprint density at radius 3 is 2.50 bits per heavy atom. The molecule has 2 nitrogen and oxygen atoms in total. The fourth-order valence-corrected chi connectivity index (χ4v) is 2.44. The molecular weight excluding hydrogens is 288 g/mol. The normalized spacial score (nSPS) is 15.8. The lowest BCUT2D eigenvalue weighted by Gasteiger charge is -2.22. The summed E-state index contributed by atoms with van der Waals surface area (Å²) in [5, 5.41) is 3.52. The van der Waals surface area contributed by atoms with Gasteiger partial charge in [-0.1, -0.05) is 22.0 Å². The zero-order chi connectivity index (χ0) is 13.3. The summed E-state index contributed by atoms with van der Waals surface area (Å²) in [6, 6.07) is 7.44. The minimum absolute atomic E-state index is 0.156. The van der Waals surface area contributed by atoms with Crippen molar-refractivity contribution in [2.75, 3.05) is 11.9 Å². The van der Waals surface area contributed by atoms with E-state index in [1.54, 1.807) is 0 Å². The molecule has 1 aliphatic carbocycles. The smallest absolute Gasteiger partial charge is 0.0377 e. The molecule has 3 heteroatoms. The van der Waals surface area contributed by atoms with E-state index in [0.717, 1.165) is 12.6 Å². The van der Waals surface area contributed by atoms with Crippen LogP contribution in [-0.4, -0.2) is 18.6 Å². The molecule has 0 radical (unpaired) electrons. The van der Waals surface area contributed by atoms with Crippen LogP contribution in [0.4, 0.5) is 5.69 Å². The lowest BCUT2D eigenvalue weighted by atomic mass is 10.1. The van der Waals surface area contributed by atoms with Gasteiger partial charge in [0.05, 0.1) is 0 Å². The van der Waals surface area contributed by atoms with Crippen molar-refractivity contribution in [1.29, 1.82) is 0 Å². The average Bonchev–Trinajstić information content (AvgIpc) is 3.09. The molecule has 0 atom stereocenters. The van der Waals surface area contributed by atoms with Gasteiger partial charge in [0.15, 0.2) is 0 Å². The van der Waals surface area contributed by atoms with Gasteiger partial charge in [0.2, 0.25) is 0 Å². The molecule has 0 unspecified atom stereocenters. The highest BCUT2D eigenvalue weighted by atomic mass is 79.9. The molecule has 1 aromatic rings. The largest absolute Gasteiger partial charge is 0.372 e. The van der Waals surface area contributed by atoms with Crippen molar-refractivity contribution in [1.82, 2.24) is 5.32 Å². The van der Waals surface area contributed by atoms with E-state index in [-0.39, 0.29) is 5.54 Å². The molecule has 0 saturated heterocycles. The van der Waals surface area contributed by atoms with E-state index in [9.17, 15) is 0 Å². The second-order valence-electron chi connectivity index (χ2n) is 6.22. The Labute approximate surface area is 119 Å². The number of nitrogens with zero attached hydrogens (tertiary/aromatic N) is 1. The van der Waals surface area contributed by atoms with Crippen LogP contribution in [0.3, 0.4) is 0 Å². The van der Waals surface area contributed by atoms with Gasteiger partial charge in [-0.2, -0.15) is 0 Å². The number of halogens is 1. The summed E-state index contributed by atoms with van der Waals surface area (Å²) >= 11 is 3.69. The van der Waals surface area contributed by atoms with Crippen LogP contribution in [-0.2, 0) is 6.54 Å². The van der Waals surface area contributed by atoms with Crippen LogP contribution >= 0.6 is 15.9 Å². The first-order chi connectivity index (χ1) is 8.37. The van der Waals surface area contributed by atoms with Crippen molar-refractivity contribution in [3.05, 3.63) is 28.2 Å². The minimum atomic E-state index is 0.156. The first kappa shape index (κ1) is 13.9. The summed E-state index contributed by atoms with van der Waals surface area (Å²) in [6.45, 7) is 7.47. The summed E-state index contributed by atoms with van der Waals surface area (Å²) in [6.07, 6.45) is 2.67. The Balaban J connectivity index is 2.05. The van der Waals surface area contributed by atoms with Gasteiger partial charge in [-0.05, 0) is 51.3 Å². The van der Waals surface area contributed by atoms with Crippen LogP contribution in [0.25, 0.3) is 0 Å². The Morgan fingerprint density at radius 2 is 2.00 bits per heavy atom. The summed E-state index contributed by atoms with van der Waals surface area (Å²) < 4.78 is 1.20. The maximum Gasteiger partial charge on any atom is 0.0377 e. The van der Waals surface area contributed by atoms with Crippen molar-refractivity contribution in [2.45, 2.75) is 51.7 Å². The summed E-state index contributed by atoms with van der Waals surface area (Å²) in [5.41, 5.74) is 2.78. The van der Waals surface area contributed by atoms with Crippen LogP contribution in [0.15, 0.2) is 22.7 Å². The Bertz CT molecular complexity index is 419. The number of benzene rings is 1. The van der Waals surface area contributed by atoms with E-state index in [0.29, 0.717) is 0 Å². The van der Waals surface area contributed by atoms with Gasteiger partial charge in [0.1, 0.15) is 0 Å². The molecular formula is C15H23BrN2. The number of hydrogen-bond donors (Lipinski definition) is 1. The molecule has 0 heterocycles. The van der Waals surface area contributed by atoms with Crippen molar-refractivity contribution >= 4 is 21.6 Å². The predicted molar refractivity (Wildman–Crippen MR) is 82.2 cm³/mol. The Hall–Kier alpha value is -0.540. The third kappa shape index (κ3) is 3.72. The first-order valence-corrected chi connectivity index (χ1v) is 7.42. The van der Waals surface area contributed by atoms with Crippen LogP contribution in [0.5, 0.6) is 0 Å². The third-order valence-corrected chi connectivity index (χ3v) is 4.09. The summed E-state index contributed by atoms with van der Waals surface area (Å²) in [4.78, 5) is 2.38. The Kier molecular flexibility index (Phi) is 4.02. The monoisotopic (exact) mass is 310 g/mol. The molecule has 0 bridgehead atoms. The highest BCUT2D eigenvalue weighted by Gasteiger charge is 2.26.